The van der Waals surface area contributed by atoms with E-state index in [0.29, 0.717) is 35.5 Å². The number of nitrogens with zero attached hydrogens (tertiary/aromatic N) is 4. The third kappa shape index (κ3) is 12.1. The Morgan fingerprint density at radius 3 is 1.96 bits per heavy atom. The molecule has 0 aliphatic carbocycles. The number of hydrogen-bond donors (Lipinski definition) is 3. The molecule has 4 rings (SSSR count). The lowest BCUT2D eigenvalue weighted by molar-refractivity contribution is -0.561. The molecule has 0 aromatic heterocycles. The van der Waals surface area contributed by atoms with Crippen LogP contribution in [0.3, 0.4) is 0 Å². The summed E-state index contributed by atoms with van der Waals surface area (Å²) in [5, 5.41) is 25.9. The number of rotatable bonds is 12. The van der Waals surface area contributed by atoms with E-state index in [4.69, 9.17) is 17.6 Å². The second-order valence-corrected chi connectivity index (χ2v) is 14.8. The van der Waals surface area contributed by atoms with Crippen molar-refractivity contribution in [3.05, 3.63) is 56.9 Å². The van der Waals surface area contributed by atoms with Crippen molar-refractivity contribution in [1.29, 1.82) is 5.26 Å². The molecule has 1 aromatic rings. The minimum Gasteiger partial charge on any atom is -0.330 e. The van der Waals surface area contributed by atoms with Gasteiger partial charge in [0.05, 0.1) is 23.6 Å². The summed E-state index contributed by atoms with van der Waals surface area (Å²) in [6, 6.07) is 8.59. The first kappa shape index (κ1) is 38.8. The number of fused-ring (bicyclic) bond motifs is 1. The van der Waals surface area contributed by atoms with Crippen LogP contribution in [0.25, 0.3) is 4.85 Å². The van der Waals surface area contributed by atoms with Crippen molar-refractivity contribution in [2.75, 3.05) is 26.2 Å². The molecular formula is C35H55N7O4. The van der Waals surface area contributed by atoms with Crippen LogP contribution in [0.2, 0.25) is 0 Å². The molecule has 254 valence electrons. The Bertz CT molecular complexity index is 1230. The van der Waals surface area contributed by atoms with Crippen LogP contribution in [0.5, 0.6) is 0 Å². The summed E-state index contributed by atoms with van der Waals surface area (Å²) in [4.78, 5) is 39.4. The number of nitro groups is 1. The third-order valence-corrected chi connectivity index (χ3v) is 9.03. The molecule has 1 aromatic carbocycles. The molecule has 0 spiro atoms. The van der Waals surface area contributed by atoms with Gasteiger partial charge in [-0.05, 0) is 110 Å². The molecular weight excluding hydrogens is 582 g/mol. The Kier molecular flexibility index (Phi) is 14.8. The van der Waals surface area contributed by atoms with Crippen molar-refractivity contribution in [2.45, 2.75) is 122 Å². The van der Waals surface area contributed by atoms with E-state index >= 15 is 0 Å². The minimum atomic E-state index is -1.08. The molecule has 3 unspecified atom stereocenters. The average Bonchev–Trinajstić information content (AvgIpc) is 3.62. The van der Waals surface area contributed by atoms with Crippen LogP contribution in [0.1, 0.15) is 120 Å². The average molecular weight is 638 g/mol. The summed E-state index contributed by atoms with van der Waals surface area (Å²) >= 11 is 0. The molecule has 4 N–H and O–H groups in total. The zero-order chi connectivity index (χ0) is 34.5. The zero-order valence-corrected chi connectivity index (χ0v) is 28.7. The van der Waals surface area contributed by atoms with Crippen LogP contribution in [0, 0.1) is 39.9 Å². The van der Waals surface area contributed by atoms with Crippen LogP contribution >= 0.6 is 0 Å². The van der Waals surface area contributed by atoms with E-state index in [1.807, 2.05) is 6.07 Å². The van der Waals surface area contributed by atoms with Gasteiger partial charge in [0, 0.05) is 49.2 Å². The van der Waals surface area contributed by atoms with Crippen LogP contribution in [-0.4, -0.2) is 70.5 Å². The first-order valence-electron chi connectivity index (χ1n) is 16.6. The van der Waals surface area contributed by atoms with Crippen molar-refractivity contribution in [2.24, 2.45) is 17.6 Å². The minimum absolute atomic E-state index is 0.138. The fourth-order valence-electron chi connectivity index (χ4n) is 6.46. The molecule has 2 saturated heterocycles. The lowest BCUT2D eigenvalue weighted by Crippen LogP contribution is -2.34. The Hall–Kier alpha value is -3.38. The highest BCUT2D eigenvalue weighted by Crippen LogP contribution is 2.28. The maximum atomic E-state index is 12.2. The van der Waals surface area contributed by atoms with Crippen molar-refractivity contribution in [3.63, 3.8) is 0 Å². The molecule has 3 heterocycles. The van der Waals surface area contributed by atoms with E-state index in [1.54, 1.807) is 24.3 Å². The van der Waals surface area contributed by atoms with Gasteiger partial charge in [0.15, 0.2) is 0 Å². The summed E-state index contributed by atoms with van der Waals surface area (Å²) in [5.41, 5.74) is 6.07. The lowest BCUT2D eigenvalue weighted by Gasteiger charge is -2.18. The highest BCUT2D eigenvalue weighted by molar-refractivity contribution is 6.21. The fraction of sp³-hybridized carbons (Fsp3) is 0.714. The highest BCUT2D eigenvalue weighted by atomic mass is 16.6. The molecule has 2 fully saturated rings. The number of nitrogens with two attached hydrogens (primary N) is 1. The summed E-state index contributed by atoms with van der Waals surface area (Å²) in [7, 11) is 0. The van der Waals surface area contributed by atoms with Crippen molar-refractivity contribution < 1.29 is 14.5 Å². The number of nitrogens with one attached hydrogen (secondary N) is 2. The number of amides is 2. The van der Waals surface area contributed by atoms with E-state index in [9.17, 15) is 19.7 Å². The maximum Gasteiger partial charge on any atom is 0.261 e. The molecule has 11 heteroatoms. The van der Waals surface area contributed by atoms with Crippen LogP contribution < -0.4 is 16.4 Å². The topological polar surface area (TPSA) is 159 Å². The Labute approximate surface area is 275 Å². The number of benzene rings is 1. The van der Waals surface area contributed by atoms with Crippen LogP contribution in [-0.2, 0) is 0 Å². The van der Waals surface area contributed by atoms with Gasteiger partial charge in [0.1, 0.15) is 0 Å². The van der Waals surface area contributed by atoms with Gasteiger partial charge in [-0.3, -0.25) is 24.6 Å². The van der Waals surface area contributed by atoms with Gasteiger partial charge in [0.25, 0.3) is 11.8 Å². The zero-order valence-electron chi connectivity index (χ0n) is 28.7. The van der Waals surface area contributed by atoms with Gasteiger partial charge < -0.3 is 21.2 Å². The SMILES string of the molecule is CC1(C)CC(CCCN)CN1.CC1(C)CC(CCCN2C(=O)c3ccccc3C2=O)CN1.[C-]#[N+]C(CCC#N)CC(C)(C)[N+](=O)[O-]. The van der Waals surface area contributed by atoms with E-state index in [-0.39, 0.29) is 35.1 Å². The molecule has 0 bridgehead atoms. The predicted octanol–water partition coefficient (Wildman–Crippen LogP) is 5.59. The van der Waals surface area contributed by atoms with E-state index in [1.165, 1.54) is 44.6 Å². The largest absolute Gasteiger partial charge is 0.330 e. The van der Waals surface area contributed by atoms with E-state index in [2.05, 4.69) is 43.2 Å². The molecule has 3 aliphatic rings. The summed E-state index contributed by atoms with van der Waals surface area (Å²) in [6.07, 6.45) is 7.79. The molecule has 3 aliphatic heterocycles. The van der Waals surface area contributed by atoms with Crippen LogP contribution in [0.15, 0.2) is 24.3 Å². The number of imide groups is 1. The second kappa shape index (κ2) is 17.5. The summed E-state index contributed by atoms with van der Waals surface area (Å²) in [5.74, 6) is 1.24. The highest BCUT2D eigenvalue weighted by Gasteiger charge is 2.37. The van der Waals surface area contributed by atoms with Crippen molar-refractivity contribution in [3.8, 4) is 6.07 Å². The van der Waals surface area contributed by atoms with Crippen LogP contribution in [0.4, 0.5) is 0 Å². The Morgan fingerprint density at radius 2 is 1.57 bits per heavy atom. The Balaban J connectivity index is 0.000000257. The maximum absolute atomic E-state index is 12.2. The first-order valence-corrected chi connectivity index (χ1v) is 16.6. The smallest absolute Gasteiger partial charge is 0.261 e. The standard InChI is InChI=1S/C17H22N2O2.C9H13N3O2.C9H20N2/c1-17(2)10-12(11-18-17)6-5-9-19-15(20)13-7-3-4-8-14(13)16(19)21;1-9(2,12(13)14)7-8(11-3)5-4-6-10;1-9(2)6-8(7-11-9)4-3-5-10/h3-4,7-8,12,18H,5-6,9-11H2,1-2H3;8H,4-5,7H2,1-2H3;8,11H,3-7,10H2,1-2H3. The third-order valence-electron chi connectivity index (χ3n) is 9.03. The quantitative estimate of drug-likeness (QED) is 0.116. The summed E-state index contributed by atoms with van der Waals surface area (Å²) < 4.78 is 0. The number of carbonyl (C=O) groups is 2. The Morgan fingerprint density at radius 1 is 1.07 bits per heavy atom. The molecule has 11 nitrogen and oxygen atoms in total. The number of hydrogen-bond acceptors (Lipinski definition) is 8. The molecule has 2 amide bonds. The van der Waals surface area contributed by atoms with E-state index in [0.717, 1.165) is 38.3 Å². The normalized spacial score (nSPS) is 21.6. The molecule has 0 saturated carbocycles. The van der Waals surface area contributed by atoms with Gasteiger partial charge in [-0.2, -0.15) is 5.26 Å². The van der Waals surface area contributed by atoms with E-state index < -0.39 is 11.6 Å². The molecule has 46 heavy (non-hydrogen) atoms. The second-order valence-electron chi connectivity index (χ2n) is 14.8. The van der Waals surface area contributed by atoms with Crippen molar-refractivity contribution in [1.82, 2.24) is 15.5 Å². The fourth-order valence-corrected chi connectivity index (χ4v) is 6.46. The van der Waals surface area contributed by atoms with Gasteiger partial charge in [-0.25, -0.2) is 6.57 Å². The monoisotopic (exact) mass is 637 g/mol. The number of carbonyl (C=O) groups excluding carboxylic acids is 2. The lowest BCUT2D eigenvalue weighted by atomic mass is 9.94. The van der Waals surface area contributed by atoms with Crippen molar-refractivity contribution >= 4 is 11.8 Å². The predicted molar refractivity (Wildman–Crippen MR) is 181 cm³/mol. The number of nitriles is 1. The molecule has 0 radical (unpaired) electrons. The van der Waals surface area contributed by atoms with Gasteiger partial charge in [0.2, 0.25) is 11.6 Å². The van der Waals surface area contributed by atoms with Gasteiger partial charge in [-0.15, -0.1) is 0 Å². The van der Waals surface area contributed by atoms with Gasteiger partial charge >= 0.3 is 0 Å². The first-order chi connectivity index (χ1) is 21.6. The molecule has 3 atom stereocenters. The summed E-state index contributed by atoms with van der Waals surface area (Å²) in [6.45, 7) is 22.4. The van der Waals surface area contributed by atoms with Gasteiger partial charge in [-0.1, -0.05) is 12.1 Å².